The van der Waals surface area contributed by atoms with Crippen LogP contribution in [0.3, 0.4) is 0 Å². The molecule has 0 saturated carbocycles. The molecule has 5 heteroatoms. The minimum absolute atomic E-state index is 0.169. The molecule has 0 radical (unpaired) electrons. The number of hydrogen-bond donors (Lipinski definition) is 0. The molecule has 0 saturated heterocycles. The van der Waals surface area contributed by atoms with Crippen LogP contribution in [-0.4, -0.2) is 23.4 Å². The summed E-state index contributed by atoms with van der Waals surface area (Å²) in [4.78, 5) is 13.5. The van der Waals surface area contributed by atoms with E-state index in [0.717, 1.165) is 12.1 Å². The van der Waals surface area contributed by atoms with Crippen LogP contribution in [0, 0.1) is 11.6 Å². The van der Waals surface area contributed by atoms with Crippen molar-refractivity contribution in [3.8, 4) is 0 Å². The maximum Gasteiger partial charge on any atom is 0.260 e. The highest BCUT2D eigenvalue weighted by molar-refractivity contribution is 9.10. The highest BCUT2D eigenvalue weighted by atomic mass is 79.9. The van der Waals surface area contributed by atoms with Gasteiger partial charge in [0.2, 0.25) is 0 Å². The van der Waals surface area contributed by atoms with Gasteiger partial charge in [-0.2, -0.15) is 0 Å². The molecule has 0 aliphatic carbocycles. The van der Waals surface area contributed by atoms with Crippen LogP contribution in [0.5, 0.6) is 0 Å². The Bertz CT molecular complexity index is 451. The number of benzene rings is 1. The van der Waals surface area contributed by atoms with E-state index in [9.17, 15) is 13.6 Å². The van der Waals surface area contributed by atoms with Gasteiger partial charge in [0, 0.05) is 17.1 Å². The summed E-state index contributed by atoms with van der Waals surface area (Å²) in [5.41, 5.74) is -0.534. The molecular weight excluding hydrogens is 304 g/mol. The topological polar surface area (TPSA) is 20.3 Å². The molecule has 18 heavy (non-hydrogen) atoms. The molecule has 0 atom stereocenters. The normalized spacial score (nSPS) is 10.6. The number of carbonyl (C=O) groups is 1. The maximum absolute atomic E-state index is 13.7. The van der Waals surface area contributed by atoms with Gasteiger partial charge in [0.1, 0.15) is 17.2 Å². The van der Waals surface area contributed by atoms with Gasteiger partial charge in [-0.3, -0.25) is 4.79 Å². The quantitative estimate of drug-likeness (QED) is 0.774. The zero-order valence-corrected chi connectivity index (χ0v) is 11.8. The van der Waals surface area contributed by atoms with Crippen LogP contribution in [-0.2, 0) is 0 Å². The Morgan fingerprint density at radius 3 is 2.33 bits per heavy atom. The summed E-state index contributed by atoms with van der Waals surface area (Å²) >= 11 is 2.97. The number of carbonyl (C=O) groups excluding carboxylic acids is 1. The van der Waals surface area contributed by atoms with Gasteiger partial charge in [-0.15, -0.1) is 6.58 Å². The Hall–Kier alpha value is -1.23. The summed E-state index contributed by atoms with van der Waals surface area (Å²) in [6, 6.07) is 1.98. The van der Waals surface area contributed by atoms with E-state index in [2.05, 4.69) is 22.5 Å². The molecule has 0 aliphatic rings. The van der Waals surface area contributed by atoms with E-state index in [1.165, 1.54) is 11.0 Å². The van der Waals surface area contributed by atoms with Crippen molar-refractivity contribution in [3.05, 3.63) is 46.5 Å². The standard InChI is InChI=1S/C13H14BrF2NO/c1-4-5-17(8(2)3)13(18)12-10(15)6-9(14)7-11(12)16/h4,6-8H,1,5H2,2-3H3. The SMILES string of the molecule is C=CCN(C(=O)c1c(F)cc(Br)cc1F)C(C)C. The predicted molar refractivity (Wildman–Crippen MR) is 70.4 cm³/mol. The molecular formula is C13H14BrF2NO. The largest absolute Gasteiger partial charge is 0.332 e. The smallest absolute Gasteiger partial charge is 0.260 e. The zero-order chi connectivity index (χ0) is 13.9. The molecule has 0 unspecified atom stereocenters. The highest BCUT2D eigenvalue weighted by Crippen LogP contribution is 2.21. The first-order valence-corrected chi connectivity index (χ1v) is 6.24. The van der Waals surface area contributed by atoms with Crippen LogP contribution in [0.25, 0.3) is 0 Å². The molecule has 1 amide bonds. The molecule has 0 N–H and O–H groups in total. The molecule has 0 bridgehead atoms. The minimum atomic E-state index is -0.874. The van der Waals surface area contributed by atoms with E-state index < -0.39 is 23.1 Å². The van der Waals surface area contributed by atoms with Crippen LogP contribution >= 0.6 is 15.9 Å². The molecule has 98 valence electrons. The van der Waals surface area contributed by atoms with Crippen molar-refractivity contribution < 1.29 is 13.6 Å². The van der Waals surface area contributed by atoms with Gasteiger partial charge in [-0.05, 0) is 26.0 Å². The van der Waals surface area contributed by atoms with Crippen LogP contribution in [0.4, 0.5) is 8.78 Å². The van der Waals surface area contributed by atoms with Gasteiger partial charge in [0.25, 0.3) is 5.91 Å². The second kappa shape index (κ2) is 6.09. The molecule has 2 nitrogen and oxygen atoms in total. The van der Waals surface area contributed by atoms with Gasteiger partial charge in [-0.25, -0.2) is 8.78 Å². The fraction of sp³-hybridized carbons (Fsp3) is 0.308. The minimum Gasteiger partial charge on any atom is -0.332 e. The lowest BCUT2D eigenvalue weighted by molar-refractivity contribution is 0.0719. The van der Waals surface area contributed by atoms with Crippen molar-refractivity contribution in [1.29, 1.82) is 0 Å². The predicted octanol–water partition coefficient (Wildman–Crippen LogP) is 3.76. The van der Waals surface area contributed by atoms with Gasteiger partial charge in [0.15, 0.2) is 0 Å². The fourth-order valence-corrected chi connectivity index (χ4v) is 1.96. The Labute approximate surface area is 113 Å². The third-order valence-corrected chi connectivity index (χ3v) is 2.89. The molecule has 0 fully saturated rings. The Morgan fingerprint density at radius 2 is 1.94 bits per heavy atom. The van der Waals surface area contributed by atoms with E-state index in [-0.39, 0.29) is 17.1 Å². The third kappa shape index (κ3) is 3.16. The van der Waals surface area contributed by atoms with Gasteiger partial charge in [-0.1, -0.05) is 22.0 Å². The monoisotopic (exact) mass is 317 g/mol. The Morgan fingerprint density at radius 1 is 1.44 bits per heavy atom. The first-order chi connectivity index (χ1) is 8.38. The fourth-order valence-electron chi connectivity index (χ4n) is 1.56. The lowest BCUT2D eigenvalue weighted by Crippen LogP contribution is -2.38. The zero-order valence-electron chi connectivity index (χ0n) is 10.2. The second-order valence-corrected chi connectivity index (χ2v) is 5.00. The first kappa shape index (κ1) is 14.8. The molecule has 0 aliphatic heterocycles. The number of hydrogen-bond acceptors (Lipinski definition) is 1. The van der Waals surface area contributed by atoms with Crippen molar-refractivity contribution >= 4 is 21.8 Å². The van der Waals surface area contributed by atoms with Crippen molar-refractivity contribution in [2.75, 3.05) is 6.54 Å². The molecule has 1 aromatic carbocycles. The lowest BCUT2D eigenvalue weighted by atomic mass is 10.1. The van der Waals surface area contributed by atoms with Gasteiger partial charge in [0.05, 0.1) is 0 Å². The number of halogens is 3. The maximum atomic E-state index is 13.7. The van der Waals surface area contributed by atoms with Crippen LogP contribution < -0.4 is 0 Å². The molecule has 1 rings (SSSR count). The Balaban J connectivity index is 3.20. The molecule has 0 heterocycles. The second-order valence-electron chi connectivity index (χ2n) is 4.08. The summed E-state index contributed by atoms with van der Waals surface area (Å²) in [5.74, 6) is -2.42. The van der Waals surface area contributed by atoms with E-state index >= 15 is 0 Å². The number of rotatable bonds is 4. The van der Waals surface area contributed by atoms with Crippen LogP contribution in [0.15, 0.2) is 29.3 Å². The van der Waals surface area contributed by atoms with E-state index in [1.54, 1.807) is 13.8 Å². The molecule has 0 spiro atoms. The Kier molecular flexibility index (Phi) is 5.02. The number of nitrogens with zero attached hydrogens (tertiary/aromatic N) is 1. The average molecular weight is 318 g/mol. The van der Waals surface area contributed by atoms with E-state index in [4.69, 9.17) is 0 Å². The average Bonchev–Trinajstić information content (AvgIpc) is 2.23. The van der Waals surface area contributed by atoms with Crippen LogP contribution in [0.1, 0.15) is 24.2 Å². The highest BCUT2D eigenvalue weighted by Gasteiger charge is 2.24. The number of amides is 1. The summed E-state index contributed by atoms with van der Waals surface area (Å²) in [7, 11) is 0. The molecule has 0 aromatic heterocycles. The van der Waals surface area contributed by atoms with Crippen molar-refractivity contribution in [2.45, 2.75) is 19.9 Å². The van der Waals surface area contributed by atoms with Gasteiger partial charge >= 0.3 is 0 Å². The van der Waals surface area contributed by atoms with E-state index in [1.807, 2.05) is 0 Å². The van der Waals surface area contributed by atoms with Crippen molar-refractivity contribution in [3.63, 3.8) is 0 Å². The first-order valence-electron chi connectivity index (χ1n) is 5.45. The summed E-state index contributed by atoms with van der Waals surface area (Å²) in [6.07, 6.45) is 1.52. The third-order valence-electron chi connectivity index (χ3n) is 2.43. The summed E-state index contributed by atoms with van der Waals surface area (Å²) in [5, 5.41) is 0. The van der Waals surface area contributed by atoms with Gasteiger partial charge < -0.3 is 4.90 Å². The summed E-state index contributed by atoms with van der Waals surface area (Å²) in [6.45, 7) is 7.32. The molecule has 1 aromatic rings. The van der Waals surface area contributed by atoms with E-state index in [0.29, 0.717) is 0 Å². The van der Waals surface area contributed by atoms with Crippen molar-refractivity contribution in [2.24, 2.45) is 0 Å². The lowest BCUT2D eigenvalue weighted by Gasteiger charge is -2.25. The van der Waals surface area contributed by atoms with Crippen LogP contribution in [0.2, 0.25) is 0 Å². The van der Waals surface area contributed by atoms with Crippen molar-refractivity contribution in [1.82, 2.24) is 4.90 Å². The summed E-state index contributed by atoms with van der Waals surface area (Å²) < 4.78 is 27.6.